The van der Waals surface area contributed by atoms with Gasteiger partial charge in [0.05, 0.1) is 10.9 Å². The Morgan fingerprint density at radius 3 is 2.62 bits per heavy atom. The molecule has 102 valence electrons. The van der Waals surface area contributed by atoms with E-state index < -0.39 is 0 Å². The molecule has 1 aliphatic rings. The van der Waals surface area contributed by atoms with Crippen LogP contribution in [0.15, 0.2) is 59.4 Å². The number of allylic oxidation sites excluding steroid dienone is 1. The molecule has 0 saturated carbocycles. The lowest BCUT2D eigenvalue weighted by atomic mass is 10.1. The van der Waals surface area contributed by atoms with Crippen LogP contribution in [0.2, 0.25) is 0 Å². The first-order valence-electron chi connectivity index (χ1n) is 7.08. The van der Waals surface area contributed by atoms with Gasteiger partial charge in [0.25, 0.3) is 5.56 Å². The third-order valence-electron chi connectivity index (χ3n) is 3.89. The predicted molar refractivity (Wildman–Crippen MR) is 84.9 cm³/mol. The SMILES string of the molecule is O=c1c2ccccc2nc2n1CC/C2=C/c1ccccc1. The van der Waals surface area contributed by atoms with Gasteiger partial charge in [-0.1, -0.05) is 42.5 Å². The van der Waals surface area contributed by atoms with Crippen LogP contribution in [0.25, 0.3) is 22.6 Å². The molecule has 0 spiro atoms. The normalized spacial score (nSPS) is 15.5. The number of fused-ring (bicyclic) bond motifs is 2. The van der Waals surface area contributed by atoms with Gasteiger partial charge in [0.1, 0.15) is 5.82 Å². The maximum Gasteiger partial charge on any atom is 0.261 e. The number of para-hydroxylation sites is 1. The second-order valence-electron chi connectivity index (χ2n) is 5.24. The van der Waals surface area contributed by atoms with E-state index in [1.807, 2.05) is 42.5 Å². The molecule has 4 rings (SSSR count). The van der Waals surface area contributed by atoms with E-state index in [9.17, 15) is 4.79 Å². The molecule has 0 atom stereocenters. The smallest absolute Gasteiger partial charge is 0.261 e. The lowest BCUT2D eigenvalue weighted by molar-refractivity contribution is 0.725. The lowest BCUT2D eigenvalue weighted by Gasteiger charge is -2.05. The quantitative estimate of drug-likeness (QED) is 0.682. The zero-order valence-corrected chi connectivity index (χ0v) is 11.5. The standard InChI is InChI=1S/C18H14N2O/c21-18-15-8-4-5-9-16(15)19-17-14(10-11-20(17)18)12-13-6-2-1-3-7-13/h1-9,12H,10-11H2/b14-12-. The number of hydrogen-bond donors (Lipinski definition) is 0. The van der Waals surface area contributed by atoms with E-state index >= 15 is 0 Å². The highest BCUT2D eigenvalue weighted by molar-refractivity contribution is 5.84. The average molecular weight is 274 g/mol. The van der Waals surface area contributed by atoms with E-state index in [4.69, 9.17) is 0 Å². The van der Waals surface area contributed by atoms with Gasteiger partial charge in [-0.15, -0.1) is 0 Å². The molecule has 0 aliphatic carbocycles. The summed E-state index contributed by atoms with van der Waals surface area (Å²) in [6, 6.07) is 17.7. The minimum absolute atomic E-state index is 0.0621. The van der Waals surface area contributed by atoms with Crippen molar-refractivity contribution >= 4 is 22.6 Å². The Balaban J connectivity index is 1.93. The summed E-state index contributed by atoms with van der Waals surface area (Å²) < 4.78 is 1.79. The highest BCUT2D eigenvalue weighted by atomic mass is 16.1. The van der Waals surface area contributed by atoms with Gasteiger partial charge in [-0.25, -0.2) is 4.98 Å². The molecule has 1 aliphatic heterocycles. The lowest BCUT2D eigenvalue weighted by Crippen LogP contribution is -2.20. The van der Waals surface area contributed by atoms with E-state index in [0.29, 0.717) is 11.9 Å². The largest absolute Gasteiger partial charge is 0.292 e. The van der Waals surface area contributed by atoms with E-state index in [0.717, 1.165) is 28.9 Å². The van der Waals surface area contributed by atoms with Crippen LogP contribution < -0.4 is 5.56 Å². The van der Waals surface area contributed by atoms with Crippen molar-refractivity contribution in [3.05, 3.63) is 76.3 Å². The van der Waals surface area contributed by atoms with Crippen LogP contribution in [0.5, 0.6) is 0 Å². The molecule has 0 unspecified atom stereocenters. The highest BCUT2D eigenvalue weighted by Gasteiger charge is 2.20. The molecule has 0 amide bonds. The summed E-state index contributed by atoms with van der Waals surface area (Å²) in [5, 5.41) is 0.696. The Labute approximate surface area is 122 Å². The topological polar surface area (TPSA) is 34.9 Å². The number of aromatic nitrogens is 2. The highest BCUT2D eigenvalue weighted by Crippen LogP contribution is 2.27. The van der Waals surface area contributed by atoms with E-state index in [1.54, 1.807) is 4.57 Å². The van der Waals surface area contributed by atoms with Crippen LogP contribution in [0.4, 0.5) is 0 Å². The van der Waals surface area contributed by atoms with Crippen molar-refractivity contribution in [1.29, 1.82) is 0 Å². The van der Waals surface area contributed by atoms with Crippen LogP contribution in [0, 0.1) is 0 Å². The van der Waals surface area contributed by atoms with E-state index in [2.05, 4.69) is 23.2 Å². The zero-order valence-electron chi connectivity index (χ0n) is 11.5. The zero-order chi connectivity index (χ0) is 14.2. The van der Waals surface area contributed by atoms with Gasteiger partial charge in [-0.3, -0.25) is 9.36 Å². The van der Waals surface area contributed by atoms with Gasteiger partial charge in [0.15, 0.2) is 0 Å². The first kappa shape index (κ1) is 12.1. The fourth-order valence-electron chi connectivity index (χ4n) is 2.85. The maximum atomic E-state index is 12.5. The van der Waals surface area contributed by atoms with Crippen LogP contribution in [0.1, 0.15) is 17.8 Å². The Kier molecular flexibility index (Phi) is 2.71. The number of nitrogens with zero attached hydrogens (tertiary/aromatic N) is 2. The first-order valence-corrected chi connectivity index (χ1v) is 7.08. The van der Waals surface area contributed by atoms with Crippen LogP contribution in [0.3, 0.4) is 0 Å². The summed E-state index contributed by atoms with van der Waals surface area (Å²) in [6.07, 6.45) is 2.98. The molecular formula is C18H14N2O. The summed E-state index contributed by atoms with van der Waals surface area (Å²) in [6.45, 7) is 0.713. The summed E-state index contributed by atoms with van der Waals surface area (Å²) >= 11 is 0. The minimum Gasteiger partial charge on any atom is -0.292 e. The Bertz CT molecular complexity index is 907. The van der Waals surface area contributed by atoms with Crippen molar-refractivity contribution in [3.8, 4) is 0 Å². The van der Waals surface area contributed by atoms with Gasteiger partial charge < -0.3 is 0 Å². The van der Waals surface area contributed by atoms with Gasteiger partial charge in [-0.05, 0) is 35.8 Å². The Hall–Kier alpha value is -2.68. The van der Waals surface area contributed by atoms with Gasteiger partial charge in [-0.2, -0.15) is 0 Å². The minimum atomic E-state index is 0.0621. The molecule has 21 heavy (non-hydrogen) atoms. The van der Waals surface area contributed by atoms with Gasteiger partial charge >= 0.3 is 0 Å². The Morgan fingerprint density at radius 2 is 1.76 bits per heavy atom. The summed E-state index contributed by atoms with van der Waals surface area (Å²) in [7, 11) is 0. The maximum absolute atomic E-state index is 12.5. The molecule has 0 N–H and O–H groups in total. The summed E-state index contributed by atoms with van der Waals surface area (Å²) in [4.78, 5) is 17.2. The summed E-state index contributed by atoms with van der Waals surface area (Å²) in [5.74, 6) is 0.808. The molecule has 0 saturated heterocycles. The molecule has 2 heterocycles. The fraction of sp³-hybridized carbons (Fsp3) is 0.111. The molecule has 3 aromatic rings. The van der Waals surface area contributed by atoms with Crippen LogP contribution in [-0.4, -0.2) is 9.55 Å². The first-order chi connectivity index (χ1) is 10.3. The van der Waals surface area contributed by atoms with E-state index in [-0.39, 0.29) is 5.56 Å². The van der Waals surface area contributed by atoms with Crippen molar-refractivity contribution in [2.24, 2.45) is 0 Å². The second-order valence-corrected chi connectivity index (χ2v) is 5.24. The number of hydrogen-bond acceptors (Lipinski definition) is 2. The van der Waals surface area contributed by atoms with E-state index in [1.165, 1.54) is 0 Å². The molecule has 0 bridgehead atoms. The average Bonchev–Trinajstić information content (AvgIpc) is 2.92. The van der Waals surface area contributed by atoms with Crippen molar-refractivity contribution in [1.82, 2.24) is 9.55 Å². The van der Waals surface area contributed by atoms with Crippen molar-refractivity contribution in [2.45, 2.75) is 13.0 Å². The predicted octanol–water partition coefficient (Wildman–Crippen LogP) is 3.34. The van der Waals surface area contributed by atoms with Gasteiger partial charge in [0, 0.05) is 6.54 Å². The van der Waals surface area contributed by atoms with Crippen LogP contribution in [-0.2, 0) is 6.54 Å². The molecule has 3 heteroatoms. The second kappa shape index (κ2) is 4.70. The fourth-order valence-corrected chi connectivity index (χ4v) is 2.85. The number of rotatable bonds is 1. The van der Waals surface area contributed by atoms with Crippen molar-refractivity contribution in [2.75, 3.05) is 0 Å². The van der Waals surface area contributed by atoms with Gasteiger partial charge in [0.2, 0.25) is 0 Å². The monoisotopic (exact) mass is 274 g/mol. The Morgan fingerprint density at radius 1 is 1.00 bits per heavy atom. The number of benzene rings is 2. The third-order valence-corrected chi connectivity index (χ3v) is 3.89. The molecule has 1 aromatic heterocycles. The molecule has 3 nitrogen and oxygen atoms in total. The van der Waals surface area contributed by atoms with Crippen LogP contribution >= 0.6 is 0 Å². The summed E-state index contributed by atoms with van der Waals surface area (Å²) in [5.41, 5.74) is 3.11. The molecular weight excluding hydrogens is 260 g/mol. The molecule has 0 fully saturated rings. The molecule has 0 radical (unpaired) electrons. The van der Waals surface area contributed by atoms with Crippen molar-refractivity contribution in [3.63, 3.8) is 0 Å². The van der Waals surface area contributed by atoms with Crippen molar-refractivity contribution < 1.29 is 0 Å². The third kappa shape index (κ3) is 1.98. The molecule has 2 aromatic carbocycles.